The van der Waals surface area contributed by atoms with Crippen molar-refractivity contribution in [3.8, 4) is 10.4 Å². The van der Waals surface area contributed by atoms with Crippen LogP contribution in [0.25, 0.3) is 10.4 Å². The molecule has 1 amide bonds. The molecule has 27 heavy (non-hydrogen) atoms. The quantitative estimate of drug-likeness (QED) is 0.573. The molecule has 1 aromatic heterocycles. The van der Waals surface area contributed by atoms with Crippen LogP contribution in [0.2, 0.25) is 5.02 Å². The van der Waals surface area contributed by atoms with E-state index in [1.165, 1.54) is 23.5 Å². The number of carbonyl (C=O) groups excluding carboxylic acids is 1. The van der Waals surface area contributed by atoms with Gasteiger partial charge in [0, 0.05) is 16.8 Å². The molecule has 3 rings (SSSR count). The van der Waals surface area contributed by atoms with Gasteiger partial charge in [-0.1, -0.05) is 35.9 Å². The van der Waals surface area contributed by atoms with E-state index in [0.29, 0.717) is 21.9 Å². The van der Waals surface area contributed by atoms with E-state index in [1.54, 1.807) is 41.8 Å². The van der Waals surface area contributed by atoms with E-state index < -0.39 is 5.97 Å². The highest BCUT2D eigenvalue weighted by Crippen LogP contribution is 2.36. The Morgan fingerprint density at radius 1 is 1.07 bits per heavy atom. The van der Waals surface area contributed by atoms with Gasteiger partial charge in [-0.2, -0.15) is 0 Å². The van der Waals surface area contributed by atoms with E-state index >= 15 is 0 Å². The van der Waals surface area contributed by atoms with Gasteiger partial charge in [-0.05, 0) is 41.8 Å². The molecule has 7 heteroatoms. The lowest BCUT2D eigenvalue weighted by Gasteiger charge is -2.07. The molecule has 0 atom stereocenters. The van der Waals surface area contributed by atoms with Crippen LogP contribution < -0.4 is 5.32 Å². The van der Waals surface area contributed by atoms with Crippen molar-refractivity contribution in [3.63, 3.8) is 0 Å². The van der Waals surface area contributed by atoms with E-state index in [9.17, 15) is 19.1 Å². The van der Waals surface area contributed by atoms with E-state index in [2.05, 4.69) is 5.32 Å². The molecule has 0 bridgehead atoms. The second-order valence-corrected chi connectivity index (χ2v) is 7.16. The average Bonchev–Trinajstić information content (AvgIpc) is 3.05. The molecule has 0 unspecified atom stereocenters. The second-order valence-electron chi connectivity index (χ2n) is 5.84. The number of rotatable bonds is 6. The lowest BCUT2D eigenvalue weighted by Crippen LogP contribution is -2.14. The first-order chi connectivity index (χ1) is 12.9. The number of nitrogens with one attached hydrogen (secondary N) is 1. The van der Waals surface area contributed by atoms with Crippen molar-refractivity contribution in [2.75, 3.05) is 5.32 Å². The summed E-state index contributed by atoms with van der Waals surface area (Å²) in [4.78, 5) is 24.5. The summed E-state index contributed by atoms with van der Waals surface area (Å²) in [5.74, 6) is -1.75. The number of thiophene rings is 1. The van der Waals surface area contributed by atoms with Gasteiger partial charge in [0.05, 0.1) is 10.6 Å². The number of halogens is 2. The Kier molecular flexibility index (Phi) is 5.88. The number of anilines is 1. The molecule has 0 saturated carbocycles. The maximum atomic E-state index is 12.9. The summed E-state index contributed by atoms with van der Waals surface area (Å²) < 4.78 is 12.9. The minimum absolute atomic E-state index is 0.0532. The third-order valence-electron chi connectivity index (χ3n) is 3.94. The van der Waals surface area contributed by atoms with Crippen LogP contribution in [0.5, 0.6) is 0 Å². The molecule has 2 N–H and O–H groups in total. The van der Waals surface area contributed by atoms with Crippen molar-refractivity contribution in [3.05, 3.63) is 75.9 Å². The van der Waals surface area contributed by atoms with Crippen LogP contribution in [0.4, 0.5) is 10.1 Å². The maximum Gasteiger partial charge on any atom is 0.339 e. The van der Waals surface area contributed by atoms with E-state index in [-0.39, 0.29) is 29.4 Å². The Balaban J connectivity index is 1.74. The molecular formula is C20H15ClFNO3S. The van der Waals surface area contributed by atoms with E-state index in [1.807, 2.05) is 0 Å². The first-order valence-corrected chi connectivity index (χ1v) is 9.35. The summed E-state index contributed by atoms with van der Waals surface area (Å²) in [7, 11) is 0. The average molecular weight is 404 g/mol. The largest absolute Gasteiger partial charge is 0.478 e. The van der Waals surface area contributed by atoms with Crippen molar-refractivity contribution in [2.24, 2.45) is 0 Å². The predicted molar refractivity (Wildman–Crippen MR) is 105 cm³/mol. The third kappa shape index (κ3) is 4.72. The van der Waals surface area contributed by atoms with Gasteiger partial charge >= 0.3 is 5.97 Å². The number of carboxylic acid groups (broad SMARTS) is 1. The third-order valence-corrected chi connectivity index (χ3v) is 5.22. The molecule has 0 aliphatic rings. The van der Waals surface area contributed by atoms with Crippen LogP contribution in [0.3, 0.4) is 0 Å². The molecule has 0 radical (unpaired) electrons. The lowest BCUT2D eigenvalue weighted by molar-refractivity contribution is -0.116. The monoisotopic (exact) mass is 403 g/mol. The van der Waals surface area contributed by atoms with Gasteiger partial charge in [0.25, 0.3) is 0 Å². The second kappa shape index (κ2) is 8.33. The molecular weight excluding hydrogens is 389 g/mol. The van der Waals surface area contributed by atoms with Crippen molar-refractivity contribution in [1.82, 2.24) is 0 Å². The summed E-state index contributed by atoms with van der Waals surface area (Å²) in [6, 6.07) is 12.8. The summed E-state index contributed by atoms with van der Waals surface area (Å²) in [5, 5.41) is 14.4. The molecule has 1 heterocycles. The molecule has 0 aliphatic heterocycles. The molecule has 0 fully saturated rings. The number of hydrogen-bond donors (Lipinski definition) is 2. The molecule has 0 aliphatic carbocycles. The van der Waals surface area contributed by atoms with E-state index in [4.69, 9.17) is 11.6 Å². The summed E-state index contributed by atoms with van der Waals surface area (Å²) in [6.07, 6.45) is 0.597. The highest BCUT2D eigenvalue weighted by molar-refractivity contribution is 7.14. The normalized spacial score (nSPS) is 10.6. The molecule has 2 aromatic carbocycles. The fourth-order valence-corrected chi connectivity index (χ4v) is 3.72. The van der Waals surface area contributed by atoms with Gasteiger partial charge in [-0.15, -0.1) is 11.3 Å². The topological polar surface area (TPSA) is 66.4 Å². The summed E-state index contributed by atoms with van der Waals surface area (Å²) >= 11 is 7.12. The smallest absolute Gasteiger partial charge is 0.339 e. The van der Waals surface area contributed by atoms with Crippen LogP contribution in [0, 0.1) is 5.82 Å². The van der Waals surface area contributed by atoms with Crippen molar-refractivity contribution >= 4 is 40.5 Å². The zero-order valence-corrected chi connectivity index (χ0v) is 15.6. The van der Waals surface area contributed by atoms with Crippen molar-refractivity contribution < 1.29 is 19.1 Å². The van der Waals surface area contributed by atoms with Gasteiger partial charge in [0.1, 0.15) is 11.4 Å². The Labute approximate surface area is 164 Å². The van der Waals surface area contributed by atoms with Crippen LogP contribution in [-0.2, 0) is 11.2 Å². The van der Waals surface area contributed by atoms with Gasteiger partial charge in [0.15, 0.2) is 0 Å². The van der Waals surface area contributed by atoms with Gasteiger partial charge < -0.3 is 10.4 Å². The minimum Gasteiger partial charge on any atom is -0.478 e. The predicted octanol–water partition coefficient (Wildman–Crippen LogP) is 5.48. The first kappa shape index (κ1) is 19.1. The number of carbonyl (C=O) groups is 2. The molecule has 4 nitrogen and oxygen atoms in total. The zero-order valence-electron chi connectivity index (χ0n) is 14.0. The number of carboxylic acids is 1. The Morgan fingerprint density at radius 3 is 2.37 bits per heavy atom. The van der Waals surface area contributed by atoms with Gasteiger partial charge in [0.2, 0.25) is 5.91 Å². The fourth-order valence-electron chi connectivity index (χ4n) is 2.60. The van der Waals surface area contributed by atoms with Crippen molar-refractivity contribution in [1.29, 1.82) is 0 Å². The van der Waals surface area contributed by atoms with Crippen molar-refractivity contribution in [2.45, 2.75) is 12.8 Å². The Bertz CT molecular complexity index is 968. The minimum atomic E-state index is -1.12. The number of amides is 1. The molecule has 0 spiro atoms. The SMILES string of the molecule is O=C(CCc1ccc(F)cc1)Nc1csc(-c2ccc(Cl)cc2)c1C(=O)O. The number of benzene rings is 2. The van der Waals surface area contributed by atoms with Crippen LogP contribution in [0.15, 0.2) is 53.9 Å². The van der Waals surface area contributed by atoms with Crippen LogP contribution in [0.1, 0.15) is 22.3 Å². The zero-order chi connectivity index (χ0) is 19.4. The summed E-state index contributed by atoms with van der Waals surface area (Å²) in [5.41, 5.74) is 1.87. The molecule has 0 saturated heterocycles. The van der Waals surface area contributed by atoms with Crippen LogP contribution >= 0.6 is 22.9 Å². The molecule has 3 aromatic rings. The van der Waals surface area contributed by atoms with E-state index in [0.717, 1.165) is 5.56 Å². The molecule has 138 valence electrons. The van der Waals surface area contributed by atoms with Gasteiger partial charge in [-0.25, -0.2) is 9.18 Å². The lowest BCUT2D eigenvalue weighted by atomic mass is 10.1. The highest BCUT2D eigenvalue weighted by atomic mass is 35.5. The highest BCUT2D eigenvalue weighted by Gasteiger charge is 2.21. The summed E-state index contributed by atoms with van der Waals surface area (Å²) in [6.45, 7) is 0. The number of aryl methyl sites for hydroxylation is 1. The van der Waals surface area contributed by atoms with Gasteiger partial charge in [-0.3, -0.25) is 4.79 Å². The Morgan fingerprint density at radius 2 is 1.74 bits per heavy atom. The van der Waals surface area contributed by atoms with Crippen LogP contribution in [-0.4, -0.2) is 17.0 Å². The first-order valence-electron chi connectivity index (χ1n) is 8.09. The standard InChI is InChI=1S/C20H15ClFNO3S/c21-14-6-4-13(5-7-14)19-18(20(25)26)16(11-27-19)23-17(24)10-3-12-1-8-15(22)9-2-12/h1-2,4-9,11H,3,10H2,(H,23,24)(H,25,26). The fraction of sp³-hybridized carbons (Fsp3) is 0.100. The number of hydrogen-bond acceptors (Lipinski definition) is 3. The number of aromatic carboxylic acids is 1. The Hall–Kier alpha value is -2.70. The maximum absolute atomic E-state index is 12.9.